The van der Waals surface area contributed by atoms with Crippen molar-refractivity contribution in [3.8, 4) is 22.8 Å². The Bertz CT molecular complexity index is 1380. The maximum Gasteiger partial charge on any atom is 0.261 e. The molecule has 5 aromatic rings. The van der Waals surface area contributed by atoms with E-state index in [4.69, 9.17) is 4.74 Å². The monoisotopic (exact) mass is 372 g/mol. The number of methoxy groups -OCH3 is 1. The van der Waals surface area contributed by atoms with Gasteiger partial charge in [-0.05, 0) is 36.4 Å². The highest BCUT2D eigenvalue weighted by molar-refractivity contribution is 5.84. The molecule has 28 heavy (non-hydrogen) atoms. The van der Waals surface area contributed by atoms with Gasteiger partial charge in [-0.25, -0.2) is 9.67 Å². The molecular weight excluding hydrogens is 356 g/mol. The summed E-state index contributed by atoms with van der Waals surface area (Å²) in [6.45, 7) is 0. The van der Waals surface area contributed by atoms with Gasteiger partial charge in [-0.2, -0.15) is 0 Å². The molecule has 5 rings (SSSR count). The van der Waals surface area contributed by atoms with Gasteiger partial charge in [-0.15, -0.1) is 5.10 Å². The second-order valence-electron chi connectivity index (χ2n) is 6.41. The molecule has 3 aromatic heterocycles. The lowest BCUT2D eigenvalue weighted by atomic mass is 10.2. The molecule has 2 aromatic carbocycles. The molecule has 0 spiro atoms. The lowest BCUT2D eigenvalue weighted by Crippen LogP contribution is -2.19. The van der Waals surface area contributed by atoms with E-state index in [-0.39, 0.29) is 5.56 Å². The second-order valence-corrected chi connectivity index (χ2v) is 6.41. The first-order chi connectivity index (χ1) is 13.7. The van der Waals surface area contributed by atoms with E-state index in [1.807, 2.05) is 52.9 Å². The highest BCUT2D eigenvalue weighted by Crippen LogP contribution is 2.24. The molecule has 0 aliphatic carbocycles. The maximum atomic E-state index is 12.8. The molecule has 0 amide bonds. The lowest BCUT2D eigenvalue weighted by Gasteiger charge is -2.07. The number of fused-ring (bicyclic) bond motifs is 3. The van der Waals surface area contributed by atoms with Crippen LogP contribution in [0.25, 0.3) is 33.6 Å². The van der Waals surface area contributed by atoms with Gasteiger partial charge in [0.15, 0.2) is 0 Å². The van der Waals surface area contributed by atoms with E-state index in [2.05, 4.69) is 15.3 Å². The molecule has 8 heteroatoms. The molecule has 0 fully saturated rings. The summed E-state index contributed by atoms with van der Waals surface area (Å²) in [6.07, 6.45) is 3.50. The minimum Gasteiger partial charge on any atom is -0.497 e. The number of aromatic nitrogens is 6. The Labute approximate surface area is 159 Å². The van der Waals surface area contributed by atoms with Crippen LogP contribution < -0.4 is 10.3 Å². The van der Waals surface area contributed by atoms with Gasteiger partial charge in [0.05, 0.1) is 29.9 Å². The van der Waals surface area contributed by atoms with Crippen molar-refractivity contribution in [2.45, 2.75) is 0 Å². The predicted octanol–water partition coefficient (Wildman–Crippen LogP) is 2.44. The van der Waals surface area contributed by atoms with Gasteiger partial charge in [0, 0.05) is 7.05 Å². The molecule has 0 aliphatic rings. The zero-order valence-electron chi connectivity index (χ0n) is 15.3. The maximum absolute atomic E-state index is 12.8. The number of rotatable bonds is 3. The first kappa shape index (κ1) is 16.2. The number of para-hydroxylation sites is 1. The summed E-state index contributed by atoms with van der Waals surface area (Å²) in [7, 11) is 3.36. The van der Waals surface area contributed by atoms with Crippen molar-refractivity contribution in [2.75, 3.05) is 7.11 Å². The summed E-state index contributed by atoms with van der Waals surface area (Å²) in [6, 6.07) is 15.0. The largest absolute Gasteiger partial charge is 0.497 e. The molecule has 3 heterocycles. The van der Waals surface area contributed by atoms with E-state index in [0.29, 0.717) is 22.4 Å². The van der Waals surface area contributed by atoms with Crippen molar-refractivity contribution in [1.29, 1.82) is 0 Å². The molecule has 0 radical (unpaired) electrons. The Morgan fingerprint density at radius 2 is 1.82 bits per heavy atom. The van der Waals surface area contributed by atoms with Crippen LogP contribution in [0.2, 0.25) is 0 Å². The molecule has 0 bridgehead atoms. The summed E-state index contributed by atoms with van der Waals surface area (Å²) in [5, 5.41) is 9.12. The Kier molecular flexibility index (Phi) is 3.51. The second kappa shape index (κ2) is 6.05. The van der Waals surface area contributed by atoms with E-state index in [1.54, 1.807) is 35.9 Å². The van der Waals surface area contributed by atoms with Crippen LogP contribution in [0.1, 0.15) is 0 Å². The summed E-state index contributed by atoms with van der Waals surface area (Å²) in [5.74, 6) is 0.770. The summed E-state index contributed by atoms with van der Waals surface area (Å²) >= 11 is 0. The average Bonchev–Trinajstić information content (AvgIpc) is 3.39. The third-order valence-electron chi connectivity index (χ3n) is 4.83. The van der Waals surface area contributed by atoms with E-state index >= 15 is 0 Å². The standard InChI is InChI=1S/C20H16N6O2/c1-24-19-18(21-12-25(19)17-6-4-3-5-15(17)20(24)27)16-11-26(23-22-16)13-7-9-14(28-2)10-8-13/h3-12H,1-2H3. The molecule has 0 atom stereocenters. The van der Waals surface area contributed by atoms with Crippen LogP contribution in [0, 0.1) is 0 Å². The van der Waals surface area contributed by atoms with Gasteiger partial charge >= 0.3 is 0 Å². The molecule has 138 valence electrons. The van der Waals surface area contributed by atoms with Crippen molar-refractivity contribution in [1.82, 2.24) is 28.9 Å². The summed E-state index contributed by atoms with van der Waals surface area (Å²) in [5.41, 5.74) is 3.44. The lowest BCUT2D eigenvalue weighted by molar-refractivity contribution is 0.414. The van der Waals surface area contributed by atoms with Crippen molar-refractivity contribution < 1.29 is 4.74 Å². The minimum absolute atomic E-state index is 0.0765. The Morgan fingerprint density at radius 1 is 1.04 bits per heavy atom. The number of nitrogens with zero attached hydrogens (tertiary/aromatic N) is 6. The van der Waals surface area contributed by atoms with E-state index in [9.17, 15) is 4.79 Å². The molecule has 8 nitrogen and oxygen atoms in total. The van der Waals surface area contributed by atoms with Crippen LogP contribution in [0.3, 0.4) is 0 Å². The molecule has 0 N–H and O–H groups in total. The van der Waals surface area contributed by atoms with Gasteiger partial charge in [0.1, 0.15) is 29.1 Å². The highest BCUT2D eigenvalue weighted by Gasteiger charge is 2.17. The van der Waals surface area contributed by atoms with Crippen LogP contribution in [0.4, 0.5) is 0 Å². The fourth-order valence-electron chi connectivity index (χ4n) is 3.39. The van der Waals surface area contributed by atoms with Crippen molar-refractivity contribution in [3.05, 3.63) is 71.4 Å². The SMILES string of the molecule is COc1ccc(-n2cc(-c3ncn4c5ccccc5c(=O)n(C)c34)nn2)cc1. The fourth-order valence-corrected chi connectivity index (χ4v) is 3.39. The number of aryl methyl sites for hydroxylation is 1. The third-order valence-corrected chi connectivity index (χ3v) is 4.83. The van der Waals surface area contributed by atoms with Gasteiger partial charge in [0.2, 0.25) is 0 Å². The zero-order chi connectivity index (χ0) is 19.3. The van der Waals surface area contributed by atoms with Gasteiger partial charge in [-0.1, -0.05) is 17.3 Å². The van der Waals surface area contributed by atoms with E-state index in [0.717, 1.165) is 17.0 Å². The van der Waals surface area contributed by atoms with Crippen LogP contribution >= 0.6 is 0 Å². The Morgan fingerprint density at radius 3 is 2.61 bits per heavy atom. The quantitative estimate of drug-likeness (QED) is 0.486. The smallest absolute Gasteiger partial charge is 0.261 e. The predicted molar refractivity (Wildman–Crippen MR) is 105 cm³/mol. The van der Waals surface area contributed by atoms with Crippen molar-refractivity contribution in [2.24, 2.45) is 7.05 Å². The van der Waals surface area contributed by atoms with Gasteiger partial charge in [-0.3, -0.25) is 13.8 Å². The number of benzene rings is 2. The number of imidazole rings is 1. The molecule has 0 unspecified atom stereocenters. The van der Waals surface area contributed by atoms with Crippen LogP contribution in [0.5, 0.6) is 5.75 Å². The van der Waals surface area contributed by atoms with Gasteiger partial charge in [0.25, 0.3) is 5.56 Å². The van der Waals surface area contributed by atoms with Crippen LogP contribution in [-0.2, 0) is 7.05 Å². The molecule has 0 saturated heterocycles. The first-order valence-electron chi connectivity index (χ1n) is 8.69. The average molecular weight is 372 g/mol. The zero-order valence-corrected chi connectivity index (χ0v) is 15.3. The molecule has 0 saturated carbocycles. The van der Waals surface area contributed by atoms with E-state index < -0.39 is 0 Å². The third kappa shape index (κ3) is 2.31. The Balaban J connectivity index is 1.68. The normalized spacial score (nSPS) is 11.4. The summed E-state index contributed by atoms with van der Waals surface area (Å²) < 4.78 is 10.3. The van der Waals surface area contributed by atoms with Crippen LogP contribution in [-0.4, -0.2) is 36.1 Å². The highest BCUT2D eigenvalue weighted by atomic mass is 16.5. The molecular formula is C20H16N6O2. The van der Waals surface area contributed by atoms with Gasteiger partial charge < -0.3 is 4.74 Å². The van der Waals surface area contributed by atoms with Crippen molar-refractivity contribution >= 4 is 16.6 Å². The topological polar surface area (TPSA) is 79.2 Å². The summed E-state index contributed by atoms with van der Waals surface area (Å²) in [4.78, 5) is 17.3. The number of hydrogen-bond donors (Lipinski definition) is 0. The minimum atomic E-state index is -0.0765. The van der Waals surface area contributed by atoms with E-state index in [1.165, 1.54) is 0 Å². The van der Waals surface area contributed by atoms with Crippen LogP contribution in [0.15, 0.2) is 65.8 Å². The fraction of sp³-hybridized carbons (Fsp3) is 0.100. The molecule has 0 aliphatic heterocycles. The number of hydrogen-bond acceptors (Lipinski definition) is 5. The van der Waals surface area contributed by atoms with Crippen molar-refractivity contribution in [3.63, 3.8) is 0 Å². The number of ether oxygens (including phenoxy) is 1. The Hall–Kier alpha value is -3.94. The first-order valence-corrected chi connectivity index (χ1v) is 8.69.